The Balaban J connectivity index is 1.55. The van der Waals surface area contributed by atoms with Crippen LogP contribution in [0.15, 0.2) is 60.7 Å². The highest BCUT2D eigenvalue weighted by Gasteiger charge is 2.15. The Morgan fingerprint density at radius 3 is 2.41 bits per heavy atom. The largest absolute Gasteiger partial charge is 0.489 e. The molecule has 3 N–H and O–H groups in total. The maximum atomic E-state index is 12.4. The zero-order valence-electron chi connectivity index (χ0n) is 15.4. The molecule has 0 radical (unpaired) electrons. The van der Waals surface area contributed by atoms with E-state index in [4.69, 9.17) is 15.2 Å². The van der Waals surface area contributed by atoms with Gasteiger partial charge in [0.1, 0.15) is 12.4 Å². The minimum Gasteiger partial charge on any atom is -0.489 e. The fourth-order valence-electron chi connectivity index (χ4n) is 3.02. The van der Waals surface area contributed by atoms with Gasteiger partial charge in [0.2, 0.25) is 0 Å². The van der Waals surface area contributed by atoms with Gasteiger partial charge in [0, 0.05) is 31.0 Å². The number of amides is 1. The third-order valence-electron chi connectivity index (χ3n) is 4.71. The molecule has 0 unspecified atom stereocenters. The quantitative estimate of drug-likeness (QED) is 0.733. The third kappa shape index (κ3) is 5.42. The highest BCUT2D eigenvalue weighted by molar-refractivity contribution is 6.04. The topological polar surface area (TPSA) is 73.6 Å². The summed E-state index contributed by atoms with van der Waals surface area (Å²) in [4.78, 5) is 12.4. The molecule has 0 atom stereocenters. The molecule has 1 heterocycles. The molecule has 0 bridgehead atoms. The monoisotopic (exact) mass is 366 g/mol. The lowest BCUT2D eigenvalue weighted by Gasteiger charge is -2.22. The van der Waals surface area contributed by atoms with Crippen molar-refractivity contribution in [3.8, 4) is 5.75 Å². The van der Waals surface area contributed by atoms with Crippen LogP contribution < -0.4 is 15.8 Å². The summed E-state index contributed by atoms with van der Waals surface area (Å²) in [6.07, 6.45) is 2.11. The fourth-order valence-corrected chi connectivity index (χ4v) is 3.02. The fraction of sp³-hybridized carbons (Fsp3) is 0.318. The second-order valence-corrected chi connectivity index (χ2v) is 6.73. The zero-order valence-corrected chi connectivity index (χ0v) is 15.4. The minimum atomic E-state index is -0.147. The summed E-state index contributed by atoms with van der Waals surface area (Å²) in [5.41, 5.74) is 8.97. The van der Waals surface area contributed by atoms with E-state index in [1.807, 2.05) is 12.1 Å². The van der Waals surface area contributed by atoms with E-state index >= 15 is 0 Å². The van der Waals surface area contributed by atoms with Gasteiger partial charge in [-0.25, -0.2) is 0 Å². The molecule has 142 valence electrons. The van der Waals surface area contributed by atoms with Gasteiger partial charge in [0.05, 0.1) is 0 Å². The van der Waals surface area contributed by atoms with Crippen LogP contribution in [0.5, 0.6) is 5.75 Å². The third-order valence-corrected chi connectivity index (χ3v) is 4.71. The van der Waals surface area contributed by atoms with Crippen LogP contribution in [0.3, 0.4) is 0 Å². The van der Waals surface area contributed by atoms with Crippen molar-refractivity contribution in [1.29, 1.82) is 0 Å². The number of ether oxygens (including phenoxy) is 2. The van der Waals surface area contributed by atoms with E-state index in [1.165, 1.54) is 5.56 Å². The molecule has 1 aliphatic rings. The van der Waals surface area contributed by atoms with Gasteiger partial charge in [0.15, 0.2) is 0 Å². The lowest BCUT2D eigenvalue weighted by atomic mass is 9.92. The highest BCUT2D eigenvalue weighted by atomic mass is 16.5. The summed E-state index contributed by atoms with van der Waals surface area (Å²) in [5.74, 6) is 1.08. The van der Waals surface area contributed by atoms with Crippen molar-refractivity contribution in [2.24, 2.45) is 5.73 Å². The van der Waals surface area contributed by atoms with Crippen LogP contribution >= 0.6 is 0 Å². The molecule has 1 amide bonds. The number of benzene rings is 2. The van der Waals surface area contributed by atoms with Crippen molar-refractivity contribution < 1.29 is 14.3 Å². The predicted octanol–water partition coefficient (Wildman–Crippen LogP) is 3.73. The number of anilines is 1. The Hall–Kier alpha value is -2.63. The van der Waals surface area contributed by atoms with Crippen LogP contribution in [-0.2, 0) is 4.74 Å². The lowest BCUT2D eigenvalue weighted by molar-refractivity contribution is 0.0853. The van der Waals surface area contributed by atoms with E-state index in [0.29, 0.717) is 30.4 Å². The van der Waals surface area contributed by atoms with Crippen molar-refractivity contribution in [1.82, 2.24) is 0 Å². The van der Waals surface area contributed by atoms with Crippen LogP contribution in [0.25, 0.3) is 0 Å². The van der Waals surface area contributed by atoms with Crippen molar-refractivity contribution >= 4 is 11.6 Å². The predicted molar refractivity (Wildman–Crippen MR) is 107 cm³/mol. The van der Waals surface area contributed by atoms with Crippen molar-refractivity contribution in [2.75, 3.05) is 31.7 Å². The number of hydrogen-bond donors (Lipinski definition) is 2. The molecular formula is C22H26N2O3. The van der Waals surface area contributed by atoms with E-state index < -0.39 is 0 Å². The maximum absolute atomic E-state index is 12.4. The number of carbonyl (C=O) groups is 1. The Morgan fingerprint density at radius 2 is 1.78 bits per heavy atom. The number of carbonyl (C=O) groups excluding carboxylic acids is 1. The van der Waals surface area contributed by atoms with E-state index in [1.54, 1.807) is 24.3 Å². The molecule has 0 saturated carbocycles. The molecule has 27 heavy (non-hydrogen) atoms. The standard InChI is InChI=1S/C22H26N2O3/c1-16(14-23)15-27-21-8-4-19(5-9-21)22(25)24-20-6-2-17(3-7-20)18-10-12-26-13-11-18/h2-9,18H,1,10-15,23H2,(H,24,25). The van der Waals surface area contributed by atoms with Crippen molar-refractivity contribution in [3.05, 3.63) is 71.8 Å². The molecule has 1 saturated heterocycles. The Labute approximate surface area is 160 Å². The number of hydrogen-bond acceptors (Lipinski definition) is 4. The Morgan fingerprint density at radius 1 is 1.11 bits per heavy atom. The molecule has 5 nitrogen and oxygen atoms in total. The normalized spacial score (nSPS) is 14.6. The SMILES string of the molecule is C=C(CN)COc1ccc(C(=O)Nc2ccc(C3CCOCC3)cc2)cc1. The maximum Gasteiger partial charge on any atom is 0.255 e. The molecule has 0 spiro atoms. The van der Waals surface area contributed by atoms with Gasteiger partial charge in [-0.2, -0.15) is 0 Å². The van der Waals surface area contributed by atoms with Gasteiger partial charge in [0.25, 0.3) is 5.91 Å². The molecule has 2 aromatic rings. The van der Waals surface area contributed by atoms with Gasteiger partial charge < -0.3 is 20.5 Å². The average Bonchev–Trinajstić information content (AvgIpc) is 2.73. The number of nitrogens with one attached hydrogen (secondary N) is 1. The Bertz CT molecular complexity index is 763. The second-order valence-electron chi connectivity index (χ2n) is 6.73. The molecule has 1 aliphatic heterocycles. The average molecular weight is 366 g/mol. The first kappa shape index (κ1) is 19.1. The van der Waals surface area contributed by atoms with Gasteiger partial charge in [-0.15, -0.1) is 0 Å². The van der Waals surface area contributed by atoms with E-state index in [-0.39, 0.29) is 5.91 Å². The highest BCUT2D eigenvalue weighted by Crippen LogP contribution is 2.27. The van der Waals surface area contributed by atoms with Crippen LogP contribution in [0.1, 0.15) is 34.7 Å². The smallest absolute Gasteiger partial charge is 0.255 e. The van der Waals surface area contributed by atoms with Crippen LogP contribution in [0, 0.1) is 0 Å². The van der Waals surface area contributed by atoms with E-state index in [2.05, 4.69) is 24.0 Å². The molecule has 0 aromatic heterocycles. The van der Waals surface area contributed by atoms with Crippen molar-refractivity contribution in [3.63, 3.8) is 0 Å². The molecule has 2 aromatic carbocycles. The van der Waals surface area contributed by atoms with Crippen LogP contribution in [-0.4, -0.2) is 32.3 Å². The van der Waals surface area contributed by atoms with Gasteiger partial charge in [-0.3, -0.25) is 4.79 Å². The summed E-state index contributed by atoms with van der Waals surface area (Å²) in [7, 11) is 0. The summed E-state index contributed by atoms with van der Waals surface area (Å²) < 4.78 is 11.0. The lowest BCUT2D eigenvalue weighted by Crippen LogP contribution is -2.14. The summed E-state index contributed by atoms with van der Waals surface area (Å²) in [5, 5.41) is 2.93. The van der Waals surface area contributed by atoms with Gasteiger partial charge in [-0.1, -0.05) is 18.7 Å². The molecular weight excluding hydrogens is 340 g/mol. The number of nitrogens with two attached hydrogens (primary N) is 1. The Kier molecular flexibility index (Phi) is 6.63. The first-order valence-electron chi connectivity index (χ1n) is 9.24. The summed E-state index contributed by atoms with van der Waals surface area (Å²) in [6, 6.07) is 15.1. The first-order chi connectivity index (χ1) is 13.2. The summed E-state index contributed by atoms with van der Waals surface area (Å²) >= 11 is 0. The summed E-state index contributed by atoms with van der Waals surface area (Å²) in [6.45, 7) is 6.21. The molecule has 3 rings (SSSR count). The van der Waals surface area contributed by atoms with Crippen LogP contribution in [0.4, 0.5) is 5.69 Å². The number of rotatable bonds is 7. The molecule has 5 heteroatoms. The van der Waals surface area contributed by atoms with E-state index in [9.17, 15) is 4.79 Å². The minimum absolute atomic E-state index is 0.147. The van der Waals surface area contributed by atoms with E-state index in [0.717, 1.165) is 37.3 Å². The van der Waals surface area contributed by atoms with Crippen molar-refractivity contribution in [2.45, 2.75) is 18.8 Å². The zero-order chi connectivity index (χ0) is 19.1. The second kappa shape index (κ2) is 9.35. The van der Waals surface area contributed by atoms with Crippen LogP contribution in [0.2, 0.25) is 0 Å². The first-order valence-corrected chi connectivity index (χ1v) is 9.24. The van der Waals surface area contributed by atoms with Gasteiger partial charge >= 0.3 is 0 Å². The van der Waals surface area contributed by atoms with Gasteiger partial charge in [-0.05, 0) is 66.3 Å². The molecule has 1 fully saturated rings. The molecule has 0 aliphatic carbocycles.